The number of rotatable bonds is 5. The minimum Gasteiger partial charge on any atom is -0.488 e. The van der Waals surface area contributed by atoms with Gasteiger partial charge in [-0.1, -0.05) is 18.2 Å². The van der Waals surface area contributed by atoms with E-state index < -0.39 is 15.6 Å². The minimum atomic E-state index is -5.84. The molecule has 0 saturated carbocycles. The smallest absolute Gasteiger partial charge is 0.488 e. The first kappa shape index (κ1) is 28.5. The number of nitrogens with zero attached hydrogens (tertiary/aromatic N) is 1. The lowest BCUT2D eigenvalue weighted by molar-refractivity contribution is -0.0510. The van der Waals surface area contributed by atoms with Crippen LogP contribution in [0.1, 0.15) is 20.8 Å². The third-order valence-electron chi connectivity index (χ3n) is 4.34. The lowest BCUT2D eigenvalue weighted by Crippen LogP contribution is -2.22. The van der Waals surface area contributed by atoms with Crippen LogP contribution in [0.4, 0.5) is 18.9 Å². The SMILES string of the molecule is CN(C)c1ccc([S+](c2ccccc2)c2ccc(OC(C)(C)C)cc2)cc1.O=S(=O)(O)C(F)(F)F. The molecule has 0 radical (unpaired) electrons. The molecule has 1 N–H and O–H groups in total. The van der Waals surface area contributed by atoms with Crippen LogP contribution >= 0.6 is 0 Å². The quantitative estimate of drug-likeness (QED) is 0.235. The third kappa shape index (κ3) is 8.79. The summed E-state index contributed by atoms with van der Waals surface area (Å²) in [5.41, 5.74) is -4.51. The van der Waals surface area contributed by atoms with Crippen molar-refractivity contribution in [3.63, 3.8) is 0 Å². The zero-order valence-corrected chi connectivity index (χ0v) is 21.7. The molecule has 0 aromatic heterocycles. The monoisotopic (exact) mass is 528 g/mol. The topological polar surface area (TPSA) is 66.8 Å². The lowest BCUT2D eigenvalue weighted by Gasteiger charge is -2.21. The summed E-state index contributed by atoms with van der Waals surface area (Å²) in [5.74, 6) is 0.908. The van der Waals surface area contributed by atoms with E-state index in [1.165, 1.54) is 20.4 Å². The normalized spacial score (nSPS) is 12.8. The van der Waals surface area contributed by atoms with Gasteiger partial charge >= 0.3 is 15.6 Å². The molecule has 190 valence electrons. The van der Waals surface area contributed by atoms with Gasteiger partial charge in [-0.25, -0.2) is 0 Å². The number of halogens is 3. The summed E-state index contributed by atoms with van der Waals surface area (Å²) >= 11 is 0. The Balaban J connectivity index is 0.000000466. The van der Waals surface area contributed by atoms with Gasteiger partial charge in [-0.2, -0.15) is 21.6 Å². The van der Waals surface area contributed by atoms with Crippen molar-refractivity contribution >= 4 is 26.7 Å². The van der Waals surface area contributed by atoms with Crippen molar-refractivity contribution in [1.82, 2.24) is 0 Å². The highest BCUT2D eigenvalue weighted by atomic mass is 32.2. The highest BCUT2D eigenvalue weighted by Gasteiger charge is 2.44. The first-order valence-electron chi connectivity index (χ1n) is 10.5. The average Bonchev–Trinajstić information content (AvgIpc) is 2.74. The minimum absolute atomic E-state index is 0.142. The van der Waals surface area contributed by atoms with Crippen LogP contribution in [-0.4, -0.2) is 38.2 Å². The molecule has 0 aliphatic carbocycles. The second-order valence-corrected chi connectivity index (χ2v) is 12.1. The first-order chi connectivity index (χ1) is 16.1. The molecule has 3 aromatic rings. The van der Waals surface area contributed by atoms with Gasteiger partial charge in [0, 0.05) is 19.8 Å². The number of hydrogen-bond donors (Lipinski definition) is 1. The summed E-state index contributed by atoms with van der Waals surface area (Å²) in [4.78, 5) is 6.05. The lowest BCUT2D eigenvalue weighted by atomic mass is 10.2. The fourth-order valence-corrected chi connectivity index (χ4v) is 4.90. The fourth-order valence-electron chi connectivity index (χ4n) is 2.84. The van der Waals surface area contributed by atoms with Gasteiger partial charge in [-0.3, -0.25) is 4.55 Å². The van der Waals surface area contributed by atoms with Crippen molar-refractivity contribution in [2.75, 3.05) is 19.0 Å². The van der Waals surface area contributed by atoms with Crippen molar-refractivity contribution in [3.8, 4) is 5.75 Å². The summed E-state index contributed by atoms with van der Waals surface area (Å²) in [6.07, 6.45) is 0. The van der Waals surface area contributed by atoms with Crippen molar-refractivity contribution in [2.24, 2.45) is 0 Å². The van der Waals surface area contributed by atoms with Crippen LogP contribution in [0, 0.1) is 0 Å². The maximum Gasteiger partial charge on any atom is 0.522 e. The van der Waals surface area contributed by atoms with Crippen LogP contribution in [0.2, 0.25) is 0 Å². The molecule has 3 aromatic carbocycles. The molecule has 0 amide bonds. The number of alkyl halides is 3. The van der Waals surface area contributed by atoms with E-state index in [0.717, 1.165) is 5.75 Å². The van der Waals surface area contributed by atoms with E-state index in [1.54, 1.807) is 0 Å². The molecular weight excluding hydrogens is 499 g/mol. The second kappa shape index (κ2) is 11.4. The van der Waals surface area contributed by atoms with Gasteiger partial charge in [0.05, 0.1) is 10.9 Å². The Bertz CT molecular complexity index is 1170. The zero-order valence-electron chi connectivity index (χ0n) is 20.1. The largest absolute Gasteiger partial charge is 0.522 e. The van der Waals surface area contributed by atoms with Gasteiger partial charge in [0.15, 0.2) is 14.7 Å². The number of ether oxygens (including phenoxy) is 1. The predicted octanol–water partition coefficient (Wildman–Crippen LogP) is 6.42. The van der Waals surface area contributed by atoms with Crippen LogP contribution in [0.3, 0.4) is 0 Å². The fraction of sp³-hybridized carbons (Fsp3) is 0.280. The standard InChI is InChI=1S/C24H28NOS.CHF3O3S/c1-24(2,3)26-20-13-17-23(18-14-20)27(21-9-7-6-8-10-21)22-15-11-19(12-16-22)25(4)5;2-1(3,4)8(5,6)7/h6-18H,1-5H3;(H,5,6,7)/q+1;. The second-order valence-electron chi connectivity index (χ2n) is 8.61. The number of hydrogen-bond acceptors (Lipinski definition) is 4. The van der Waals surface area contributed by atoms with Crippen LogP contribution in [0.15, 0.2) is 93.5 Å². The van der Waals surface area contributed by atoms with E-state index >= 15 is 0 Å². The molecule has 0 spiro atoms. The van der Waals surface area contributed by atoms with Gasteiger partial charge in [0.1, 0.15) is 11.4 Å². The summed E-state index contributed by atoms with van der Waals surface area (Å²) < 4.78 is 63.5. The molecule has 1 unspecified atom stereocenters. The average molecular weight is 529 g/mol. The summed E-state index contributed by atoms with van der Waals surface area (Å²) in [6, 6.07) is 28.1. The van der Waals surface area contributed by atoms with Crippen molar-refractivity contribution in [1.29, 1.82) is 0 Å². The summed E-state index contributed by atoms with van der Waals surface area (Å²) in [7, 11) is -1.84. The van der Waals surface area contributed by atoms with Gasteiger partial charge in [-0.15, -0.1) is 0 Å². The van der Waals surface area contributed by atoms with E-state index in [4.69, 9.17) is 17.7 Å². The van der Waals surface area contributed by atoms with E-state index in [-0.39, 0.29) is 16.5 Å². The molecule has 10 heteroatoms. The number of anilines is 1. The molecule has 1 atom stereocenters. The predicted molar refractivity (Wildman–Crippen MR) is 134 cm³/mol. The maximum absolute atomic E-state index is 10.7. The van der Waals surface area contributed by atoms with Crippen molar-refractivity contribution in [3.05, 3.63) is 78.9 Å². The van der Waals surface area contributed by atoms with E-state index in [0.29, 0.717) is 0 Å². The Morgan fingerprint density at radius 3 is 1.54 bits per heavy atom. The maximum atomic E-state index is 10.7. The van der Waals surface area contributed by atoms with Crippen LogP contribution < -0.4 is 9.64 Å². The Labute approximate surface area is 207 Å². The van der Waals surface area contributed by atoms with Crippen molar-refractivity contribution < 1.29 is 30.9 Å². The van der Waals surface area contributed by atoms with Gasteiger partial charge in [0.25, 0.3) is 0 Å². The van der Waals surface area contributed by atoms with Crippen LogP contribution in [0.5, 0.6) is 5.75 Å². The molecule has 3 rings (SSSR count). The molecule has 0 fully saturated rings. The van der Waals surface area contributed by atoms with Gasteiger partial charge in [0.2, 0.25) is 0 Å². The molecule has 0 aliphatic heterocycles. The molecule has 0 aliphatic rings. The molecule has 0 bridgehead atoms. The molecule has 5 nitrogen and oxygen atoms in total. The first-order valence-corrected chi connectivity index (χ1v) is 13.1. The summed E-state index contributed by atoms with van der Waals surface area (Å²) in [6.45, 7) is 6.21. The molecule has 0 heterocycles. The Kier molecular flexibility index (Phi) is 9.27. The summed E-state index contributed by atoms with van der Waals surface area (Å²) in [5, 5.41) is 0. The Morgan fingerprint density at radius 2 is 1.17 bits per heavy atom. The molecular formula is C25H29F3NO4S2+. The molecule has 35 heavy (non-hydrogen) atoms. The van der Waals surface area contributed by atoms with E-state index in [9.17, 15) is 13.2 Å². The Hall–Kier alpha value is -2.69. The van der Waals surface area contributed by atoms with Crippen molar-refractivity contribution in [2.45, 2.75) is 46.6 Å². The Morgan fingerprint density at radius 1 is 0.771 bits per heavy atom. The van der Waals surface area contributed by atoms with Crippen LogP contribution in [-0.2, 0) is 21.0 Å². The van der Waals surface area contributed by atoms with Gasteiger partial charge in [-0.05, 0) is 81.4 Å². The number of benzene rings is 3. The highest BCUT2D eigenvalue weighted by molar-refractivity contribution is 7.97. The third-order valence-corrected chi connectivity index (χ3v) is 7.16. The van der Waals surface area contributed by atoms with Gasteiger partial charge < -0.3 is 9.64 Å². The zero-order chi connectivity index (χ0) is 26.4. The van der Waals surface area contributed by atoms with Crippen LogP contribution in [0.25, 0.3) is 0 Å². The van der Waals surface area contributed by atoms with E-state index in [1.807, 2.05) is 0 Å². The molecule has 0 saturated heterocycles. The van der Waals surface area contributed by atoms with E-state index in [2.05, 4.69) is 119 Å². The highest BCUT2D eigenvalue weighted by Crippen LogP contribution is 2.33.